The van der Waals surface area contributed by atoms with E-state index in [1.807, 2.05) is 76.2 Å². The number of H-pyrrole nitrogens is 2. The molecule has 8 N–H and O–H groups in total. The van der Waals surface area contributed by atoms with Crippen LogP contribution in [0.5, 0.6) is 11.5 Å². The molecule has 74 heavy (non-hydrogen) atoms. The zero-order valence-electron chi connectivity index (χ0n) is 41.0. The molecule has 0 saturated heterocycles. The van der Waals surface area contributed by atoms with Gasteiger partial charge in [0, 0.05) is 47.6 Å². The third-order valence-electron chi connectivity index (χ3n) is 11.6. The van der Waals surface area contributed by atoms with E-state index < -0.39 is 11.9 Å². The molecular weight excluding hydrogens is 988 g/mol. The summed E-state index contributed by atoms with van der Waals surface area (Å²) in [7, 11) is 0. The zero-order chi connectivity index (χ0) is 53.1. The van der Waals surface area contributed by atoms with Gasteiger partial charge in [-0.25, -0.2) is 19.6 Å². The Labute approximate surface area is 436 Å². The van der Waals surface area contributed by atoms with Crippen LogP contribution in [0.2, 0.25) is 10.0 Å². The quantitative estimate of drug-likeness (QED) is 0.0355. The average Bonchev–Trinajstić information content (AvgIpc) is 4.00. The van der Waals surface area contributed by atoms with E-state index in [9.17, 15) is 39.6 Å². The number of rotatable bonds is 20. The maximum atomic E-state index is 12.9. The molecule has 0 aliphatic heterocycles. The van der Waals surface area contributed by atoms with Gasteiger partial charge in [-0.1, -0.05) is 71.7 Å². The summed E-state index contributed by atoms with van der Waals surface area (Å²) in [5.41, 5.74) is 7.51. The van der Waals surface area contributed by atoms with E-state index in [0.717, 1.165) is 22.3 Å². The predicted octanol–water partition coefficient (Wildman–Crippen LogP) is 10.2. The van der Waals surface area contributed by atoms with Gasteiger partial charge in [-0.15, -0.1) is 0 Å². The van der Waals surface area contributed by atoms with E-state index in [0.29, 0.717) is 92.1 Å². The van der Waals surface area contributed by atoms with Gasteiger partial charge in [0.05, 0.1) is 55.4 Å². The fraction of sp³-hybridized carbons (Fsp3) is 0.250. The molecule has 0 bridgehead atoms. The van der Waals surface area contributed by atoms with Crippen LogP contribution in [0.4, 0.5) is 0 Å². The lowest BCUT2D eigenvalue weighted by Crippen LogP contribution is -2.37. The third-order valence-corrected chi connectivity index (χ3v) is 12.2. The zero-order valence-corrected chi connectivity index (χ0v) is 42.5. The number of aliphatic hydroxyl groups is 2. The molecule has 0 radical (unpaired) electrons. The van der Waals surface area contributed by atoms with Crippen molar-refractivity contribution in [3.05, 3.63) is 165 Å². The van der Waals surface area contributed by atoms with Gasteiger partial charge in [-0.05, 0) is 137 Å². The molecule has 2 aromatic heterocycles. The van der Waals surface area contributed by atoms with Crippen LogP contribution in [0.3, 0.4) is 0 Å². The first-order valence-corrected chi connectivity index (χ1v) is 24.6. The molecule has 0 aliphatic rings. The van der Waals surface area contributed by atoms with Crippen LogP contribution in [0.15, 0.2) is 121 Å². The molecule has 0 aliphatic carbocycles. The second kappa shape index (κ2) is 24.8. The summed E-state index contributed by atoms with van der Waals surface area (Å²) in [5.74, 6) is -0.248. The SMILES string of the molecule is CC(C)Oc1ccc(C(=O)N[C@H](CCO)Cc2ccc(-c3nc4ccc(C(=O)O)cc4[nH]3)cc2)cc1Cl.CC(C)Oc1ccc(C(=O)N[C@H](CCO)Cc2ccc(-c3nc4ccc(C(=O)O)cc4[nH]3)cc2)cc1Cl. The van der Waals surface area contributed by atoms with Crippen molar-refractivity contribution in [2.24, 2.45) is 0 Å². The molecule has 2 heterocycles. The van der Waals surface area contributed by atoms with E-state index in [4.69, 9.17) is 32.7 Å². The number of carboxylic acids is 2. The van der Waals surface area contributed by atoms with Crippen molar-refractivity contribution >= 4 is 69.0 Å². The number of nitrogens with zero attached hydrogens (tertiary/aromatic N) is 2. The fourth-order valence-electron chi connectivity index (χ4n) is 8.01. The monoisotopic (exact) mass is 1040 g/mol. The number of nitrogens with one attached hydrogen (secondary N) is 4. The summed E-state index contributed by atoms with van der Waals surface area (Å²) in [4.78, 5) is 63.6. The Morgan fingerprint density at radius 2 is 0.892 bits per heavy atom. The first-order chi connectivity index (χ1) is 35.5. The van der Waals surface area contributed by atoms with Crippen LogP contribution in [0.1, 0.15) is 93.1 Å². The van der Waals surface area contributed by atoms with Gasteiger partial charge in [-0.3, -0.25) is 9.59 Å². The highest BCUT2D eigenvalue weighted by Gasteiger charge is 2.19. The van der Waals surface area contributed by atoms with Crippen molar-refractivity contribution in [2.75, 3.05) is 13.2 Å². The van der Waals surface area contributed by atoms with Gasteiger partial charge < -0.3 is 50.5 Å². The molecule has 384 valence electrons. The van der Waals surface area contributed by atoms with Gasteiger partial charge in [-0.2, -0.15) is 0 Å². The number of aliphatic hydroxyl groups excluding tert-OH is 2. The number of carbonyl (C=O) groups excluding carboxylic acids is 2. The molecule has 0 spiro atoms. The van der Waals surface area contributed by atoms with E-state index in [2.05, 4.69) is 30.6 Å². The number of amides is 2. The normalized spacial score (nSPS) is 12.0. The Morgan fingerprint density at radius 1 is 0.527 bits per heavy atom. The molecule has 8 aromatic rings. The molecule has 0 saturated carbocycles. The topological polar surface area (TPSA) is 249 Å². The van der Waals surface area contributed by atoms with Crippen molar-refractivity contribution in [1.29, 1.82) is 0 Å². The van der Waals surface area contributed by atoms with Gasteiger partial charge >= 0.3 is 11.9 Å². The molecule has 8 rings (SSSR count). The molecule has 0 fully saturated rings. The fourth-order valence-corrected chi connectivity index (χ4v) is 8.46. The van der Waals surface area contributed by atoms with Crippen molar-refractivity contribution < 1.29 is 49.1 Å². The van der Waals surface area contributed by atoms with E-state index in [1.165, 1.54) is 12.1 Å². The number of imidazole rings is 2. The molecular formula is C56H56Cl2N6O10. The lowest BCUT2D eigenvalue weighted by Gasteiger charge is -2.19. The summed E-state index contributed by atoms with van der Waals surface area (Å²) >= 11 is 12.6. The number of hydrogen-bond donors (Lipinski definition) is 8. The van der Waals surface area contributed by atoms with Crippen LogP contribution >= 0.6 is 23.2 Å². The van der Waals surface area contributed by atoms with E-state index >= 15 is 0 Å². The Balaban J connectivity index is 0.000000216. The summed E-state index contributed by atoms with van der Waals surface area (Å²) in [6.45, 7) is 7.46. The Morgan fingerprint density at radius 3 is 1.22 bits per heavy atom. The van der Waals surface area contributed by atoms with E-state index in [1.54, 1.807) is 60.7 Å². The number of fused-ring (bicyclic) bond motifs is 2. The number of carbonyl (C=O) groups is 4. The lowest BCUT2D eigenvalue weighted by atomic mass is 10.0. The maximum Gasteiger partial charge on any atom is 0.335 e. The summed E-state index contributed by atoms with van der Waals surface area (Å²) < 4.78 is 11.2. The number of aromatic nitrogens is 4. The lowest BCUT2D eigenvalue weighted by molar-refractivity contribution is 0.0686. The number of aromatic carboxylic acids is 2. The Bertz CT molecular complexity index is 3050. The molecule has 2 amide bonds. The van der Waals surface area contributed by atoms with Crippen LogP contribution < -0.4 is 20.1 Å². The second-order valence-corrected chi connectivity index (χ2v) is 18.9. The van der Waals surface area contributed by atoms with Crippen LogP contribution in [0.25, 0.3) is 44.8 Å². The van der Waals surface area contributed by atoms with Gasteiger partial charge in [0.1, 0.15) is 23.1 Å². The molecule has 2 atom stereocenters. The number of hydrogen-bond acceptors (Lipinski definition) is 10. The highest BCUT2D eigenvalue weighted by Crippen LogP contribution is 2.29. The largest absolute Gasteiger partial charge is 0.489 e. The number of aromatic amines is 2. The number of halogens is 2. The van der Waals surface area contributed by atoms with E-state index in [-0.39, 0.29) is 60.4 Å². The highest BCUT2D eigenvalue weighted by molar-refractivity contribution is 6.32. The minimum Gasteiger partial charge on any atom is -0.489 e. The predicted molar refractivity (Wildman–Crippen MR) is 285 cm³/mol. The summed E-state index contributed by atoms with van der Waals surface area (Å²) in [5, 5.41) is 44.2. The second-order valence-electron chi connectivity index (χ2n) is 18.0. The Kier molecular flexibility index (Phi) is 18.1. The standard InChI is InChI=1S/2C28H28ClN3O5/c2*1-16(2)37-25-10-8-19(14-22(25)29)27(34)30-21(11-12-33)13-17-3-5-18(6-4-17)26-31-23-9-7-20(28(35)36)15-24(23)32-26/h2*3-10,14-16,21,33H,11-13H2,1-2H3,(H,30,34)(H,31,32)(H,35,36)/t2*21-/m11/s1. The van der Waals surface area contributed by atoms with Crippen molar-refractivity contribution in [3.8, 4) is 34.3 Å². The molecule has 16 nitrogen and oxygen atoms in total. The van der Waals surface area contributed by atoms with Crippen molar-refractivity contribution in [2.45, 2.75) is 77.7 Å². The number of carboxylic acid groups (broad SMARTS) is 2. The highest BCUT2D eigenvalue weighted by atomic mass is 35.5. The summed E-state index contributed by atoms with van der Waals surface area (Å²) in [6.07, 6.45) is 1.77. The average molecular weight is 1040 g/mol. The first kappa shape index (κ1) is 54.0. The number of benzene rings is 6. The smallest absolute Gasteiger partial charge is 0.335 e. The number of ether oxygens (including phenoxy) is 2. The molecule has 18 heteroatoms. The van der Waals surface area contributed by atoms with Crippen LogP contribution in [-0.4, -0.2) is 102 Å². The van der Waals surface area contributed by atoms with Crippen LogP contribution in [0, 0.1) is 0 Å². The molecule has 6 aromatic carbocycles. The summed E-state index contributed by atoms with van der Waals surface area (Å²) in [6, 6.07) is 34.2. The third kappa shape index (κ3) is 14.3. The Hall–Kier alpha value is -7.76. The van der Waals surface area contributed by atoms with Crippen LogP contribution in [-0.2, 0) is 12.8 Å². The van der Waals surface area contributed by atoms with Crippen molar-refractivity contribution in [1.82, 2.24) is 30.6 Å². The minimum atomic E-state index is -0.993. The molecule has 0 unspecified atom stereocenters. The van der Waals surface area contributed by atoms with Crippen molar-refractivity contribution in [3.63, 3.8) is 0 Å². The first-order valence-electron chi connectivity index (χ1n) is 23.9. The maximum absolute atomic E-state index is 12.9. The minimum absolute atomic E-state index is 0.0332. The van der Waals surface area contributed by atoms with Gasteiger partial charge in [0.15, 0.2) is 0 Å². The van der Waals surface area contributed by atoms with Gasteiger partial charge in [0.2, 0.25) is 0 Å². The van der Waals surface area contributed by atoms with Gasteiger partial charge in [0.25, 0.3) is 11.8 Å².